The molecule has 0 bridgehead atoms. The fraction of sp³-hybridized carbons (Fsp3) is 0.500. The van der Waals surface area contributed by atoms with E-state index in [4.69, 9.17) is 0 Å². The van der Waals surface area contributed by atoms with Crippen molar-refractivity contribution < 1.29 is 4.79 Å². The Morgan fingerprint density at radius 2 is 1.88 bits per heavy atom. The van der Waals surface area contributed by atoms with Crippen molar-refractivity contribution in [1.82, 2.24) is 19.4 Å². The Bertz CT molecular complexity index is 710. The number of hydrogen-bond acceptors (Lipinski definition) is 3. The number of rotatable bonds is 4. The lowest BCUT2D eigenvalue weighted by molar-refractivity contribution is 0.0650. The molecular formula is C20H26N4O. The molecule has 3 heterocycles. The molecule has 1 aromatic carbocycles. The van der Waals surface area contributed by atoms with Gasteiger partial charge in [0.2, 0.25) is 0 Å². The van der Waals surface area contributed by atoms with Crippen molar-refractivity contribution in [3.05, 3.63) is 48.5 Å². The highest BCUT2D eigenvalue weighted by Crippen LogP contribution is 2.31. The van der Waals surface area contributed by atoms with Crippen LogP contribution in [0.25, 0.3) is 5.69 Å². The van der Waals surface area contributed by atoms with E-state index >= 15 is 0 Å². The van der Waals surface area contributed by atoms with Crippen LogP contribution in [0.3, 0.4) is 0 Å². The number of imidazole rings is 1. The minimum atomic E-state index is 0.183. The van der Waals surface area contributed by atoms with E-state index in [0.717, 1.165) is 37.2 Å². The number of likely N-dealkylation sites (N-methyl/N-ethyl adjacent to an activating group) is 1. The van der Waals surface area contributed by atoms with Crippen molar-refractivity contribution >= 4 is 5.91 Å². The third-order valence-corrected chi connectivity index (χ3v) is 5.74. The van der Waals surface area contributed by atoms with Gasteiger partial charge in [-0.1, -0.05) is 6.92 Å². The van der Waals surface area contributed by atoms with E-state index in [0.29, 0.717) is 12.1 Å². The maximum Gasteiger partial charge on any atom is 0.254 e. The van der Waals surface area contributed by atoms with Crippen molar-refractivity contribution in [1.29, 1.82) is 0 Å². The standard InChI is InChI=1S/C20H26N4O/c1-2-22-12-3-5-18(22)19-6-4-13-24(19)20(25)16-7-9-17(10-8-16)23-14-11-21-15-23/h7-11,14-15,18-19H,2-6,12-13H2,1H3/t18-,19-/m0/s1. The maximum absolute atomic E-state index is 13.1. The normalized spacial score (nSPS) is 24.1. The van der Waals surface area contributed by atoms with E-state index in [-0.39, 0.29) is 5.91 Å². The van der Waals surface area contributed by atoms with Gasteiger partial charge in [0.25, 0.3) is 5.91 Å². The molecule has 132 valence electrons. The zero-order valence-electron chi connectivity index (χ0n) is 14.8. The van der Waals surface area contributed by atoms with E-state index in [9.17, 15) is 4.79 Å². The quantitative estimate of drug-likeness (QED) is 0.861. The second kappa shape index (κ2) is 7.00. The Hall–Kier alpha value is -2.14. The smallest absolute Gasteiger partial charge is 0.254 e. The van der Waals surface area contributed by atoms with Crippen LogP contribution in [0.2, 0.25) is 0 Å². The first-order valence-corrected chi connectivity index (χ1v) is 9.41. The Morgan fingerprint density at radius 1 is 1.12 bits per heavy atom. The van der Waals surface area contributed by atoms with Crippen LogP contribution >= 0.6 is 0 Å². The van der Waals surface area contributed by atoms with Gasteiger partial charge in [0.15, 0.2) is 0 Å². The molecule has 4 rings (SSSR count). The van der Waals surface area contributed by atoms with Crippen LogP contribution < -0.4 is 0 Å². The van der Waals surface area contributed by atoms with E-state index in [2.05, 4.69) is 21.7 Å². The zero-order valence-corrected chi connectivity index (χ0v) is 14.8. The summed E-state index contributed by atoms with van der Waals surface area (Å²) >= 11 is 0. The first-order chi connectivity index (χ1) is 12.3. The van der Waals surface area contributed by atoms with Gasteiger partial charge >= 0.3 is 0 Å². The summed E-state index contributed by atoms with van der Waals surface area (Å²) < 4.78 is 1.95. The van der Waals surface area contributed by atoms with Crippen LogP contribution in [0.4, 0.5) is 0 Å². The van der Waals surface area contributed by atoms with Gasteiger partial charge in [-0.15, -0.1) is 0 Å². The van der Waals surface area contributed by atoms with Gasteiger partial charge < -0.3 is 9.47 Å². The number of nitrogens with zero attached hydrogens (tertiary/aromatic N) is 4. The number of likely N-dealkylation sites (tertiary alicyclic amines) is 2. The van der Waals surface area contributed by atoms with Gasteiger partial charge in [0.05, 0.1) is 6.33 Å². The van der Waals surface area contributed by atoms with Gasteiger partial charge in [-0.05, 0) is 63.0 Å². The Labute approximate surface area is 149 Å². The molecule has 2 aromatic rings. The summed E-state index contributed by atoms with van der Waals surface area (Å²) in [6.45, 7) is 5.39. The second-order valence-electron chi connectivity index (χ2n) is 7.06. The van der Waals surface area contributed by atoms with Crippen LogP contribution in [0.5, 0.6) is 0 Å². The molecule has 1 amide bonds. The SMILES string of the molecule is CCN1CCC[C@H]1[C@@H]1CCCN1C(=O)c1ccc(-n2ccnc2)cc1. The molecule has 5 nitrogen and oxygen atoms in total. The lowest BCUT2D eigenvalue weighted by Crippen LogP contribution is -2.48. The Balaban J connectivity index is 1.51. The molecule has 0 N–H and O–H groups in total. The first-order valence-electron chi connectivity index (χ1n) is 9.41. The summed E-state index contributed by atoms with van der Waals surface area (Å²) in [6.07, 6.45) is 10.2. The van der Waals surface area contributed by atoms with Crippen molar-refractivity contribution in [3.8, 4) is 5.69 Å². The van der Waals surface area contributed by atoms with Crippen molar-refractivity contribution in [2.24, 2.45) is 0 Å². The average Bonchev–Trinajstić information content (AvgIpc) is 3.41. The van der Waals surface area contributed by atoms with Gasteiger partial charge in [0, 0.05) is 42.3 Å². The highest BCUT2D eigenvalue weighted by atomic mass is 16.2. The third kappa shape index (κ3) is 3.09. The minimum absolute atomic E-state index is 0.183. The van der Waals surface area contributed by atoms with E-state index < -0.39 is 0 Å². The summed E-state index contributed by atoms with van der Waals surface area (Å²) in [6, 6.07) is 8.80. The maximum atomic E-state index is 13.1. The predicted molar refractivity (Wildman–Crippen MR) is 97.9 cm³/mol. The summed E-state index contributed by atoms with van der Waals surface area (Å²) in [5.41, 5.74) is 1.82. The summed E-state index contributed by atoms with van der Waals surface area (Å²) in [5, 5.41) is 0. The molecule has 2 aliphatic rings. The van der Waals surface area contributed by atoms with Crippen LogP contribution in [0.15, 0.2) is 43.0 Å². The molecule has 0 radical (unpaired) electrons. The minimum Gasteiger partial charge on any atom is -0.334 e. The average molecular weight is 338 g/mol. The summed E-state index contributed by atoms with van der Waals surface area (Å²) in [7, 11) is 0. The summed E-state index contributed by atoms with van der Waals surface area (Å²) in [5.74, 6) is 0.183. The molecular weight excluding hydrogens is 312 g/mol. The van der Waals surface area contributed by atoms with E-state index in [1.807, 2.05) is 35.0 Å². The highest BCUT2D eigenvalue weighted by Gasteiger charge is 2.39. The number of aromatic nitrogens is 2. The molecule has 0 spiro atoms. The molecule has 2 fully saturated rings. The number of hydrogen-bond donors (Lipinski definition) is 0. The van der Waals surface area contributed by atoms with Crippen LogP contribution in [-0.4, -0.2) is 57.0 Å². The van der Waals surface area contributed by atoms with Crippen molar-refractivity contribution in [2.45, 2.75) is 44.7 Å². The topological polar surface area (TPSA) is 41.4 Å². The molecule has 1 aromatic heterocycles. The van der Waals surface area contributed by atoms with Crippen molar-refractivity contribution in [3.63, 3.8) is 0 Å². The van der Waals surface area contributed by atoms with E-state index in [1.54, 1.807) is 12.5 Å². The van der Waals surface area contributed by atoms with Crippen molar-refractivity contribution in [2.75, 3.05) is 19.6 Å². The fourth-order valence-electron chi connectivity index (χ4n) is 4.48. The zero-order chi connectivity index (χ0) is 17.2. The molecule has 25 heavy (non-hydrogen) atoms. The first kappa shape index (κ1) is 16.3. The molecule has 2 aliphatic heterocycles. The van der Waals surface area contributed by atoms with Gasteiger partial charge in [-0.25, -0.2) is 4.98 Å². The largest absolute Gasteiger partial charge is 0.334 e. The number of carbonyl (C=O) groups is 1. The lowest BCUT2D eigenvalue weighted by atomic mass is 10.0. The van der Waals surface area contributed by atoms with Crippen LogP contribution in [0, 0.1) is 0 Å². The summed E-state index contributed by atoms with van der Waals surface area (Å²) in [4.78, 5) is 21.9. The predicted octanol–water partition coefficient (Wildman–Crippen LogP) is 2.96. The van der Waals surface area contributed by atoms with Crippen LogP contribution in [0.1, 0.15) is 43.0 Å². The third-order valence-electron chi connectivity index (χ3n) is 5.74. The molecule has 5 heteroatoms. The fourth-order valence-corrected chi connectivity index (χ4v) is 4.48. The second-order valence-corrected chi connectivity index (χ2v) is 7.06. The molecule has 2 atom stereocenters. The molecule has 0 aliphatic carbocycles. The monoisotopic (exact) mass is 338 g/mol. The lowest BCUT2D eigenvalue weighted by Gasteiger charge is -2.34. The highest BCUT2D eigenvalue weighted by molar-refractivity contribution is 5.94. The number of carbonyl (C=O) groups excluding carboxylic acids is 1. The number of benzene rings is 1. The molecule has 0 unspecified atom stereocenters. The van der Waals surface area contributed by atoms with Gasteiger partial charge in [0.1, 0.15) is 0 Å². The Morgan fingerprint density at radius 3 is 2.60 bits per heavy atom. The number of amides is 1. The van der Waals surface area contributed by atoms with E-state index in [1.165, 1.54) is 19.4 Å². The molecule has 0 saturated carbocycles. The van der Waals surface area contributed by atoms with Crippen LogP contribution in [-0.2, 0) is 0 Å². The molecule has 2 saturated heterocycles. The van der Waals surface area contributed by atoms with Gasteiger partial charge in [-0.2, -0.15) is 0 Å². The van der Waals surface area contributed by atoms with Gasteiger partial charge in [-0.3, -0.25) is 9.69 Å². The Kier molecular flexibility index (Phi) is 4.57.